The normalized spacial score (nSPS) is 12.7. The van der Waals surface area contributed by atoms with E-state index in [0.29, 0.717) is 18.9 Å². The second-order valence-electron chi connectivity index (χ2n) is 5.66. The fourth-order valence-corrected chi connectivity index (χ4v) is 2.42. The SMILES string of the molecule is CCNC(=NCC(O)c1ccco1)N(C)Cc1ccc(OCC)cc1. The van der Waals surface area contributed by atoms with Crippen molar-refractivity contribution in [2.75, 3.05) is 26.7 Å². The monoisotopic (exact) mass is 345 g/mol. The number of nitrogens with one attached hydrogen (secondary N) is 1. The van der Waals surface area contributed by atoms with Gasteiger partial charge in [-0.3, -0.25) is 0 Å². The molecule has 2 N–H and O–H groups in total. The zero-order valence-corrected chi connectivity index (χ0v) is 15.1. The molecule has 6 nitrogen and oxygen atoms in total. The average Bonchev–Trinajstić information content (AvgIpc) is 3.15. The lowest BCUT2D eigenvalue weighted by molar-refractivity contribution is 0.158. The minimum atomic E-state index is -0.748. The fraction of sp³-hybridized carbons (Fsp3) is 0.421. The van der Waals surface area contributed by atoms with E-state index in [4.69, 9.17) is 9.15 Å². The van der Waals surface area contributed by atoms with Gasteiger partial charge in [0.15, 0.2) is 5.96 Å². The Bertz CT molecular complexity index is 638. The van der Waals surface area contributed by atoms with Crippen molar-refractivity contribution in [2.24, 2.45) is 4.99 Å². The predicted molar refractivity (Wildman–Crippen MR) is 98.7 cm³/mol. The molecule has 1 aromatic carbocycles. The van der Waals surface area contributed by atoms with E-state index in [9.17, 15) is 5.11 Å². The summed E-state index contributed by atoms with van der Waals surface area (Å²) in [5, 5.41) is 13.4. The van der Waals surface area contributed by atoms with Crippen molar-refractivity contribution in [3.8, 4) is 5.75 Å². The number of rotatable bonds is 8. The molecule has 1 aromatic heterocycles. The molecular weight excluding hydrogens is 318 g/mol. The Hall–Kier alpha value is -2.47. The minimum absolute atomic E-state index is 0.240. The van der Waals surface area contributed by atoms with Crippen LogP contribution in [0.3, 0.4) is 0 Å². The van der Waals surface area contributed by atoms with Gasteiger partial charge in [-0.25, -0.2) is 4.99 Å². The van der Waals surface area contributed by atoms with Crippen LogP contribution >= 0.6 is 0 Å². The van der Waals surface area contributed by atoms with E-state index in [1.165, 1.54) is 0 Å². The van der Waals surface area contributed by atoms with E-state index >= 15 is 0 Å². The number of guanidine groups is 1. The molecule has 0 spiro atoms. The number of nitrogens with zero attached hydrogens (tertiary/aromatic N) is 2. The summed E-state index contributed by atoms with van der Waals surface area (Å²) in [5.74, 6) is 2.13. The standard InChI is InChI=1S/C19H27N3O3/c1-4-20-19(21-13-17(23)18-7-6-12-25-18)22(3)14-15-8-10-16(11-9-15)24-5-2/h6-12,17,23H,4-5,13-14H2,1-3H3,(H,20,21). The lowest BCUT2D eigenvalue weighted by Crippen LogP contribution is -2.38. The highest BCUT2D eigenvalue weighted by Crippen LogP contribution is 2.15. The van der Waals surface area contributed by atoms with Crippen LogP contribution in [-0.2, 0) is 6.54 Å². The molecule has 0 amide bonds. The zero-order valence-electron chi connectivity index (χ0n) is 15.1. The number of benzene rings is 1. The van der Waals surface area contributed by atoms with Gasteiger partial charge in [0.2, 0.25) is 0 Å². The Morgan fingerprint density at radius 3 is 2.64 bits per heavy atom. The van der Waals surface area contributed by atoms with Gasteiger partial charge in [-0.15, -0.1) is 0 Å². The third-order valence-corrected chi connectivity index (χ3v) is 3.64. The number of hydrogen-bond donors (Lipinski definition) is 2. The van der Waals surface area contributed by atoms with Crippen molar-refractivity contribution in [2.45, 2.75) is 26.5 Å². The van der Waals surface area contributed by atoms with Gasteiger partial charge in [-0.05, 0) is 43.7 Å². The maximum Gasteiger partial charge on any atom is 0.194 e. The Morgan fingerprint density at radius 1 is 1.28 bits per heavy atom. The van der Waals surface area contributed by atoms with Crippen LogP contribution in [0.5, 0.6) is 5.75 Å². The number of aliphatic hydroxyl groups excluding tert-OH is 1. The third kappa shape index (κ3) is 5.83. The van der Waals surface area contributed by atoms with E-state index in [2.05, 4.69) is 10.3 Å². The van der Waals surface area contributed by atoms with Crippen molar-refractivity contribution in [3.05, 3.63) is 54.0 Å². The summed E-state index contributed by atoms with van der Waals surface area (Å²) in [6, 6.07) is 11.5. The molecule has 0 aliphatic heterocycles. The molecule has 1 unspecified atom stereocenters. The Balaban J connectivity index is 1.98. The van der Waals surface area contributed by atoms with Gasteiger partial charge >= 0.3 is 0 Å². The van der Waals surface area contributed by atoms with Crippen LogP contribution in [0.4, 0.5) is 0 Å². The summed E-state index contributed by atoms with van der Waals surface area (Å²) in [7, 11) is 1.97. The van der Waals surface area contributed by atoms with Gasteiger partial charge in [0, 0.05) is 20.1 Å². The molecule has 2 aromatic rings. The summed E-state index contributed by atoms with van der Waals surface area (Å²) in [6.07, 6.45) is 0.799. The predicted octanol–water partition coefficient (Wildman–Crippen LogP) is 2.81. The van der Waals surface area contributed by atoms with Crippen molar-refractivity contribution < 1.29 is 14.3 Å². The molecule has 0 aliphatic rings. The summed E-state index contributed by atoms with van der Waals surface area (Å²) < 4.78 is 10.7. The van der Waals surface area contributed by atoms with Crippen LogP contribution in [0.25, 0.3) is 0 Å². The lowest BCUT2D eigenvalue weighted by atomic mass is 10.2. The van der Waals surface area contributed by atoms with E-state index in [1.807, 2.05) is 50.1 Å². The first-order valence-corrected chi connectivity index (χ1v) is 8.56. The summed E-state index contributed by atoms with van der Waals surface area (Å²) in [4.78, 5) is 6.53. The Kier molecular flexibility index (Phi) is 7.35. The smallest absolute Gasteiger partial charge is 0.194 e. The molecule has 25 heavy (non-hydrogen) atoms. The van der Waals surface area contributed by atoms with Gasteiger partial charge in [0.1, 0.15) is 17.6 Å². The molecule has 6 heteroatoms. The first-order valence-electron chi connectivity index (χ1n) is 8.56. The molecular formula is C19H27N3O3. The Morgan fingerprint density at radius 2 is 2.04 bits per heavy atom. The summed E-state index contributed by atoms with van der Waals surface area (Å²) in [6.45, 7) is 6.34. The highest BCUT2D eigenvalue weighted by molar-refractivity contribution is 5.79. The fourth-order valence-electron chi connectivity index (χ4n) is 2.42. The zero-order chi connectivity index (χ0) is 18.1. The van der Waals surface area contributed by atoms with Crippen LogP contribution in [0, 0.1) is 0 Å². The van der Waals surface area contributed by atoms with E-state index in [-0.39, 0.29) is 6.54 Å². The number of ether oxygens (including phenoxy) is 1. The van der Waals surface area contributed by atoms with E-state index in [0.717, 1.165) is 23.8 Å². The second-order valence-corrected chi connectivity index (χ2v) is 5.66. The molecule has 136 valence electrons. The quantitative estimate of drug-likeness (QED) is 0.569. The van der Waals surface area contributed by atoms with Crippen LogP contribution in [0.2, 0.25) is 0 Å². The van der Waals surface area contributed by atoms with Crippen molar-refractivity contribution in [3.63, 3.8) is 0 Å². The highest BCUT2D eigenvalue weighted by atomic mass is 16.5. The van der Waals surface area contributed by atoms with Crippen molar-refractivity contribution >= 4 is 5.96 Å². The molecule has 1 heterocycles. The van der Waals surface area contributed by atoms with Gasteiger partial charge in [-0.2, -0.15) is 0 Å². The van der Waals surface area contributed by atoms with Crippen molar-refractivity contribution in [1.82, 2.24) is 10.2 Å². The average molecular weight is 345 g/mol. The van der Waals surface area contributed by atoms with Gasteiger partial charge < -0.3 is 24.5 Å². The first-order chi connectivity index (χ1) is 12.1. The number of hydrogen-bond acceptors (Lipinski definition) is 4. The maximum absolute atomic E-state index is 10.1. The number of furan rings is 1. The third-order valence-electron chi connectivity index (χ3n) is 3.64. The van der Waals surface area contributed by atoms with Crippen LogP contribution in [-0.4, -0.2) is 42.7 Å². The molecule has 0 aliphatic carbocycles. The molecule has 0 saturated heterocycles. The lowest BCUT2D eigenvalue weighted by Gasteiger charge is -2.22. The molecule has 1 atom stereocenters. The summed E-state index contributed by atoms with van der Waals surface area (Å²) >= 11 is 0. The summed E-state index contributed by atoms with van der Waals surface area (Å²) in [5.41, 5.74) is 1.16. The molecule has 2 rings (SSSR count). The van der Waals surface area contributed by atoms with E-state index < -0.39 is 6.10 Å². The van der Waals surface area contributed by atoms with Crippen LogP contribution in [0.15, 0.2) is 52.1 Å². The largest absolute Gasteiger partial charge is 0.494 e. The number of aliphatic imine (C=N–C) groups is 1. The first kappa shape index (κ1) is 18.9. The van der Waals surface area contributed by atoms with Gasteiger partial charge in [0.05, 0.1) is 19.4 Å². The topological polar surface area (TPSA) is 70.2 Å². The van der Waals surface area contributed by atoms with Gasteiger partial charge in [-0.1, -0.05) is 12.1 Å². The van der Waals surface area contributed by atoms with Crippen LogP contribution in [0.1, 0.15) is 31.3 Å². The van der Waals surface area contributed by atoms with Gasteiger partial charge in [0.25, 0.3) is 0 Å². The maximum atomic E-state index is 10.1. The molecule has 0 radical (unpaired) electrons. The highest BCUT2D eigenvalue weighted by Gasteiger charge is 2.12. The molecule has 0 saturated carbocycles. The Labute approximate surface area is 149 Å². The van der Waals surface area contributed by atoms with E-state index in [1.54, 1.807) is 18.4 Å². The number of aliphatic hydroxyl groups is 1. The molecule has 0 bridgehead atoms. The van der Waals surface area contributed by atoms with Crippen molar-refractivity contribution in [1.29, 1.82) is 0 Å². The van der Waals surface area contributed by atoms with Crippen LogP contribution < -0.4 is 10.1 Å². The second kappa shape index (κ2) is 9.74. The minimum Gasteiger partial charge on any atom is -0.494 e. The molecule has 0 fully saturated rings.